The van der Waals surface area contributed by atoms with Gasteiger partial charge < -0.3 is 4.90 Å². The van der Waals surface area contributed by atoms with Crippen LogP contribution in [0.15, 0.2) is 18.2 Å². The van der Waals surface area contributed by atoms with E-state index in [1.807, 2.05) is 0 Å². The molecule has 0 saturated carbocycles. The Balaban J connectivity index is 1.80. The quantitative estimate of drug-likeness (QED) is 0.763. The number of benzene rings is 1. The third-order valence-corrected chi connectivity index (χ3v) is 6.84. The van der Waals surface area contributed by atoms with Crippen LogP contribution in [0, 0.1) is 0 Å². The van der Waals surface area contributed by atoms with Gasteiger partial charge in [-0.25, -0.2) is 12.7 Å². The Kier molecular flexibility index (Phi) is 4.11. The van der Waals surface area contributed by atoms with E-state index in [2.05, 4.69) is 0 Å². The Morgan fingerprint density at radius 1 is 1.21 bits per heavy atom. The zero-order valence-electron chi connectivity index (χ0n) is 13.0. The lowest BCUT2D eigenvalue weighted by Crippen LogP contribution is -2.44. The summed E-state index contributed by atoms with van der Waals surface area (Å²) in [5, 5.41) is -1.08. The van der Waals surface area contributed by atoms with Gasteiger partial charge in [-0.2, -0.15) is 13.2 Å². The third-order valence-electron chi connectivity index (χ3n) is 4.63. The van der Waals surface area contributed by atoms with Gasteiger partial charge in [0.15, 0.2) is 5.25 Å². The van der Waals surface area contributed by atoms with Crippen molar-refractivity contribution in [2.24, 2.45) is 0 Å². The first-order valence-corrected chi connectivity index (χ1v) is 9.04. The number of alkyl halides is 3. The van der Waals surface area contributed by atoms with Crippen LogP contribution in [0.2, 0.25) is 0 Å². The lowest BCUT2D eigenvalue weighted by molar-refractivity contribution is -0.138. The fourth-order valence-corrected chi connectivity index (χ4v) is 4.77. The van der Waals surface area contributed by atoms with Crippen LogP contribution in [0.3, 0.4) is 0 Å². The van der Waals surface area contributed by atoms with Gasteiger partial charge >= 0.3 is 6.18 Å². The minimum Gasteiger partial charge on any atom is -0.337 e. The molecule has 3 rings (SSSR count). The zero-order valence-corrected chi connectivity index (χ0v) is 13.8. The van der Waals surface area contributed by atoms with Crippen molar-refractivity contribution in [1.82, 2.24) is 9.21 Å². The molecule has 2 aliphatic heterocycles. The number of carbonyl (C=O) groups excluding carboxylic acids is 1. The molecule has 1 unspecified atom stereocenters. The predicted octanol–water partition coefficient (Wildman–Crippen LogP) is 1.62. The van der Waals surface area contributed by atoms with Crippen LogP contribution in [0.5, 0.6) is 0 Å². The molecule has 1 fully saturated rings. The van der Waals surface area contributed by atoms with Crippen LogP contribution in [-0.2, 0) is 34.0 Å². The highest BCUT2D eigenvalue weighted by atomic mass is 32.2. The molecule has 24 heavy (non-hydrogen) atoms. The lowest BCUT2D eigenvalue weighted by Gasteiger charge is -2.31. The maximum absolute atomic E-state index is 12.8. The summed E-state index contributed by atoms with van der Waals surface area (Å²) < 4.78 is 63.7. The average molecular weight is 362 g/mol. The lowest BCUT2D eigenvalue weighted by atomic mass is 9.97. The average Bonchev–Trinajstić information content (AvgIpc) is 2.78. The van der Waals surface area contributed by atoms with Crippen molar-refractivity contribution in [2.75, 3.05) is 20.1 Å². The van der Waals surface area contributed by atoms with Gasteiger partial charge in [0.05, 0.1) is 5.56 Å². The van der Waals surface area contributed by atoms with Crippen molar-refractivity contribution in [3.63, 3.8) is 0 Å². The summed E-state index contributed by atoms with van der Waals surface area (Å²) in [5.41, 5.74) is 0.479. The molecule has 2 aliphatic rings. The maximum Gasteiger partial charge on any atom is 0.416 e. The van der Waals surface area contributed by atoms with Gasteiger partial charge in [-0.05, 0) is 36.1 Å². The van der Waals surface area contributed by atoms with Crippen molar-refractivity contribution in [1.29, 1.82) is 0 Å². The van der Waals surface area contributed by atoms with E-state index in [4.69, 9.17) is 0 Å². The SMILES string of the molecule is CN1CCC(C(=O)N2CCc3cc(C(F)(F)F)ccc3C2)S1(=O)=O. The number of rotatable bonds is 1. The fourth-order valence-electron chi connectivity index (χ4n) is 3.16. The van der Waals surface area contributed by atoms with Crippen LogP contribution in [0.1, 0.15) is 23.1 Å². The summed E-state index contributed by atoms with van der Waals surface area (Å²) in [4.78, 5) is 14.0. The van der Waals surface area contributed by atoms with E-state index in [9.17, 15) is 26.4 Å². The summed E-state index contributed by atoms with van der Waals surface area (Å²) in [6.45, 7) is 0.670. The normalized spacial score (nSPS) is 24.0. The summed E-state index contributed by atoms with van der Waals surface area (Å²) in [5.74, 6) is -0.468. The molecule has 1 saturated heterocycles. The van der Waals surface area contributed by atoms with E-state index >= 15 is 0 Å². The van der Waals surface area contributed by atoms with Gasteiger partial charge in [-0.3, -0.25) is 4.79 Å². The molecule has 5 nitrogen and oxygen atoms in total. The van der Waals surface area contributed by atoms with Crippen LogP contribution in [0.25, 0.3) is 0 Å². The molecule has 0 N–H and O–H groups in total. The molecular formula is C15H17F3N2O3S. The number of hydrogen-bond acceptors (Lipinski definition) is 3. The summed E-state index contributed by atoms with van der Waals surface area (Å²) in [6.07, 6.45) is -3.87. The monoisotopic (exact) mass is 362 g/mol. The standard InChI is InChI=1S/C15H17F3N2O3S/c1-19-6-5-13(24(19,22)23)14(21)20-7-4-10-8-12(15(16,17)18)3-2-11(10)9-20/h2-3,8,13H,4-7,9H2,1H3. The molecule has 0 radical (unpaired) electrons. The molecule has 1 amide bonds. The number of carbonyl (C=O) groups is 1. The Hall–Kier alpha value is -1.61. The van der Waals surface area contributed by atoms with Crippen LogP contribution >= 0.6 is 0 Å². The van der Waals surface area contributed by atoms with Crippen molar-refractivity contribution >= 4 is 15.9 Å². The Morgan fingerprint density at radius 3 is 2.50 bits per heavy atom. The molecule has 1 aromatic carbocycles. The number of sulfonamides is 1. The minimum absolute atomic E-state index is 0.141. The van der Waals surface area contributed by atoms with Gasteiger partial charge in [0.1, 0.15) is 0 Å². The molecule has 1 aromatic rings. The molecule has 0 spiro atoms. The van der Waals surface area contributed by atoms with E-state index in [0.717, 1.165) is 12.1 Å². The predicted molar refractivity (Wildman–Crippen MR) is 80.5 cm³/mol. The van der Waals surface area contributed by atoms with Crippen molar-refractivity contribution in [3.8, 4) is 0 Å². The second kappa shape index (κ2) is 5.73. The molecular weight excluding hydrogens is 345 g/mol. The van der Waals surface area contributed by atoms with E-state index in [0.29, 0.717) is 17.7 Å². The zero-order chi connectivity index (χ0) is 17.7. The highest BCUT2D eigenvalue weighted by Crippen LogP contribution is 2.32. The van der Waals surface area contributed by atoms with Gasteiger partial charge in [-0.15, -0.1) is 0 Å². The van der Waals surface area contributed by atoms with Gasteiger partial charge in [-0.1, -0.05) is 6.07 Å². The summed E-state index contributed by atoms with van der Waals surface area (Å²) >= 11 is 0. The molecule has 1 atom stereocenters. The highest BCUT2D eigenvalue weighted by Gasteiger charge is 2.43. The second-order valence-electron chi connectivity index (χ2n) is 6.13. The highest BCUT2D eigenvalue weighted by molar-refractivity contribution is 7.90. The number of amides is 1. The van der Waals surface area contributed by atoms with Crippen molar-refractivity contribution in [2.45, 2.75) is 30.8 Å². The molecule has 9 heteroatoms. The third kappa shape index (κ3) is 2.90. The topological polar surface area (TPSA) is 57.7 Å². The second-order valence-corrected chi connectivity index (χ2v) is 8.36. The van der Waals surface area contributed by atoms with Crippen molar-refractivity contribution < 1.29 is 26.4 Å². The summed E-state index contributed by atoms with van der Waals surface area (Å²) in [7, 11) is -2.19. The number of nitrogens with zero attached hydrogens (tertiary/aromatic N) is 2. The van der Waals surface area contributed by atoms with Gasteiger partial charge in [0.25, 0.3) is 0 Å². The fraction of sp³-hybridized carbons (Fsp3) is 0.533. The first kappa shape index (κ1) is 17.2. The molecule has 0 aromatic heterocycles. The number of hydrogen-bond donors (Lipinski definition) is 0. The number of halogens is 3. The molecule has 2 heterocycles. The van der Waals surface area contributed by atoms with E-state index in [-0.39, 0.29) is 25.9 Å². The van der Waals surface area contributed by atoms with E-state index in [1.54, 1.807) is 0 Å². The summed E-state index contributed by atoms with van der Waals surface area (Å²) in [6, 6.07) is 3.47. The van der Waals surface area contributed by atoms with Crippen molar-refractivity contribution in [3.05, 3.63) is 34.9 Å². The maximum atomic E-state index is 12.8. The van der Waals surface area contributed by atoms with E-state index in [1.165, 1.54) is 22.3 Å². The van der Waals surface area contributed by atoms with Crippen LogP contribution in [0.4, 0.5) is 13.2 Å². The van der Waals surface area contributed by atoms with Gasteiger partial charge in [0, 0.05) is 26.7 Å². The van der Waals surface area contributed by atoms with Crippen LogP contribution < -0.4 is 0 Å². The molecule has 0 bridgehead atoms. The van der Waals surface area contributed by atoms with Crippen LogP contribution in [-0.4, -0.2) is 48.9 Å². The van der Waals surface area contributed by atoms with Gasteiger partial charge in [0.2, 0.25) is 15.9 Å². The number of fused-ring (bicyclic) bond motifs is 1. The Bertz CT molecular complexity index is 777. The Morgan fingerprint density at radius 2 is 1.92 bits per heavy atom. The Labute approximate surface area is 138 Å². The largest absolute Gasteiger partial charge is 0.416 e. The first-order chi connectivity index (χ1) is 11.1. The minimum atomic E-state index is -4.40. The first-order valence-electron chi connectivity index (χ1n) is 7.53. The molecule has 132 valence electrons. The van der Waals surface area contributed by atoms with E-state index < -0.39 is 32.9 Å². The molecule has 0 aliphatic carbocycles. The smallest absolute Gasteiger partial charge is 0.337 e.